The zero-order valence-electron chi connectivity index (χ0n) is 15.6. The molecule has 0 aliphatic carbocycles. The number of amides is 1. The molecule has 0 saturated carbocycles. The van der Waals surface area contributed by atoms with E-state index in [2.05, 4.69) is 5.32 Å². The van der Waals surface area contributed by atoms with Crippen LogP contribution in [-0.4, -0.2) is 23.1 Å². The highest BCUT2D eigenvalue weighted by atomic mass is 16.6. The Morgan fingerprint density at radius 2 is 1.72 bits per heavy atom. The van der Waals surface area contributed by atoms with Gasteiger partial charge in [0.15, 0.2) is 17.2 Å². The van der Waals surface area contributed by atoms with Crippen molar-refractivity contribution in [2.75, 3.05) is 12.4 Å². The Kier molecular flexibility index (Phi) is 4.52. The Labute approximate surface area is 165 Å². The fourth-order valence-electron chi connectivity index (χ4n) is 2.96. The van der Waals surface area contributed by atoms with Crippen molar-refractivity contribution in [1.29, 1.82) is 0 Å². The van der Waals surface area contributed by atoms with Crippen LogP contribution in [0.15, 0.2) is 54.6 Å². The number of fused-ring (bicyclic) bond motifs is 2. The Morgan fingerprint density at radius 3 is 2.41 bits per heavy atom. The van der Waals surface area contributed by atoms with Crippen LogP contribution < -0.4 is 19.5 Å². The summed E-state index contributed by atoms with van der Waals surface area (Å²) in [5, 5.41) is 12.2. The molecule has 0 unspecified atom stereocenters. The van der Waals surface area contributed by atoms with Gasteiger partial charge in [0.05, 0.1) is 29.8 Å². The van der Waals surface area contributed by atoms with Crippen LogP contribution in [0.5, 0.6) is 28.7 Å². The van der Waals surface area contributed by atoms with Crippen LogP contribution in [0, 0.1) is 11.8 Å². The molecule has 0 spiro atoms. The number of carbonyl (C=O) groups excluding carboxylic acids is 1. The van der Waals surface area contributed by atoms with E-state index in [1.165, 1.54) is 12.1 Å². The summed E-state index contributed by atoms with van der Waals surface area (Å²) in [4.78, 5) is 24.1. The van der Waals surface area contributed by atoms with Gasteiger partial charge in [0.25, 0.3) is 10.8 Å². The molecule has 1 heterocycles. The van der Waals surface area contributed by atoms with Crippen molar-refractivity contribution in [1.82, 2.24) is 0 Å². The van der Waals surface area contributed by atoms with Crippen LogP contribution in [0.3, 0.4) is 0 Å². The molecule has 0 aromatic heterocycles. The highest BCUT2D eigenvalue weighted by Gasteiger charge is 2.30. The molecule has 146 valence electrons. The van der Waals surface area contributed by atoms with Gasteiger partial charge in [-0.25, -0.2) is 5.21 Å². The van der Waals surface area contributed by atoms with Gasteiger partial charge in [-0.1, -0.05) is 6.07 Å². The lowest BCUT2D eigenvalue weighted by atomic mass is 10.1. The summed E-state index contributed by atoms with van der Waals surface area (Å²) in [5.41, 5.74) is 1.37. The van der Waals surface area contributed by atoms with E-state index >= 15 is 0 Å². The highest BCUT2D eigenvalue weighted by molar-refractivity contribution is 6.10. The van der Waals surface area contributed by atoms with E-state index in [4.69, 9.17) is 14.2 Å². The number of ether oxygens (including phenoxy) is 3. The van der Waals surface area contributed by atoms with Gasteiger partial charge in [0, 0.05) is 0 Å². The largest absolute Gasteiger partial charge is 0.497 e. The molecule has 0 radical (unpaired) electrons. The molecule has 3 aromatic carbocycles. The quantitative estimate of drug-likeness (QED) is 0.609. The molecule has 29 heavy (non-hydrogen) atoms. The third-order valence-electron chi connectivity index (χ3n) is 4.39. The molecule has 3 aromatic rings. The lowest BCUT2D eigenvalue weighted by Gasteiger charge is -2.12. The predicted octanol–water partition coefficient (Wildman–Crippen LogP) is 4.95. The first-order valence-corrected chi connectivity index (χ1v) is 8.70. The second-order valence-electron chi connectivity index (χ2n) is 6.42. The van der Waals surface area contributed by atoms with E-state index in [-0.39, 0.29) is 27.7 Å². The van der Waals surface area contributed by atoms with Crippen LogP contribution in [0.4, 0.5) is 11.4 Å². The molecular weight excluding hydrogens is 376 g/mol. The van der Waals surface area contributed by atoms with Crippen molar-refractivity contribution in [3.05, 3.63) is 70.6 Å². The number of carbonyl (C=O) groups is 1. The van der Waals surface area contributed by atoms with Gasteiger partial charge in [-0.3, -0.25) is 4.79 Å². The summed E-state index contributed by atoms with van der Waals surface area (Å²) in [5.74, 6) is 1.14. The number of benzene rings is 3. The van der Waals surface area contributed by atoms with Gasteiger partial charge in [-0.05, 0) is 48.9 Å². The second-order valence-corrected chi connectivity index (χ2v) is 6.42. The van der Waals surface area contributed by atoms with Crippen LogP contribution in [-0.2, 0) is 0 Å². The standard InChI is InChI=1S/C21H16N2O6/c1-12-3-8-16-17(9-12)29-19-11-13(23(25)26)10-18(20(19)21(24)22-16)28-15-6-4-14(27-2)5-7-15/h3-11H,1-2H3,(H-,22,24,25,26)/p+1. The Morgan fingerprint density at radius 1 is 1.00 bits per heavy atom. The number of nitrogens with one attached hydrogen (secondary N) is 1. The van der Waals surface area contributed by atoms with Crippen molar-refractivity contribution >= 4 is 17.3 Å². The maximum Gasteiger partial charge on any atom is 0.324 e. The van der Waals surface area contributed by atoms with Crippen LogP contribution in [0.25, 0.3) is 0 Å². The SMILES string of the molecule is COc1ccc(Oc2cc([N+](=O)O)cc3c2C(=O)Nc2ccc(C)cc2O3)cc1. The number of anilines is 1. The summed E-state index contributed by atoms with van der Waals surface area (Å²) >= 11 is 0. The predicted molar refractivity (Wildman–Crippen MR) is 104 cm³/mol. The molecule has 1 aliphatic rings. The summed E-state index contributed by atoms with van der Waals surface area (Å²) in [6.45, 7) is 1.89. The van der Waals surface area contributed by atoms with Crippen molar-refractivity contribution in [2.24, 2.45) is 0 Å². The number of aryl methyl sites for hydroxylation is 1. The molecule has 2 N–H and O–H groups in total. The van der Waals surface area contributed by atoms with Crippen LogP contribution in [0.1, 0.15) is 15.9 Å². The van der Waals surface area contributed by atoms with Gasteiger partial charge < -0.3 is 19.5 Å². The molecule has 8 heteroatoms. The maximum absolute atomic E-state index is 12.9. The van der Waals surface area contributed by atoms with Crippen LogP contribution in [0.2, 0.25) is 0 Å². The lowest BCUT2D eigenvalue weighted by molar-refractivity contribution is -0.729. The minimum atomic E-state index is -0.465. The Bertz CT molecular complexity index is 1120. The van der Waals surface area contributed by atoms with Crippen molar-refractivity contribution in [2.45, 2.75) is 6.92 Å². The van der Waals surface area contributed by atoms with E-state index in [0.29, 0.717) is 22.9 Å². The smallest absolute Gasteiger partial charge is 0.324 e. The second kappa shape index (κ2) is 7.16. The van der Waals surface area contributed by atoms with Crippen LogP contribution >= 0.6 is 0 Å². The molecule has 0 fully saturated rings. The van der Waals surface area contributed by atoms with Gasteiger partial charge in [0.2, 0.25) is 0 Å². The number of rotatable bonds is 4. The monoisotopic (exact) mass is 393 g/mol. The van der Waals surface area contributed by atoms with Gasteiger partial charge in [-0.15, -0.1) is 0 Å². The first kappa shape index (κ1) is 18.3. The number of hydrogen-bond donors (Lipinski definition) is 2. The summed E-state index contributed by atoms with van der Waals surface area (Å²) < 4.78 is 16.9. The zero-order chi connectivity index (χ0) is 20.5. The van der Waals surface area contributed by atoms with E-state index < -0.39 is 5.91 Å². The average molecular weight is 393 g/mol. The van der Waals surface area contributed by atoms with Gasteiger partial charge >= 0.3 is 5.69 Å². The molecule has 1 aliphatic heterocycles. The number of nitrogens with zero attached hydrogens (tertiary/aromatic N) is 1. The molecule has 1 amide bonds. The summed E-state index contributed by atoms with van der Waals surface area (Å²) in [7, 11) is 1.55. The van der Waals surface area contributed by atoms with E-state index in [0.717, 1.165) is 5.56 Å². The topological polar surface area (TPSA) is 97.1 Å². The van der Waals surface area contributed by atoms with E-state index in [9.17, 15) is 14.9 Å². The number of methoxy groups -OCH3 is 1. The molecular formula is C21H17N2O6+. The summed E-state index contributed by atoms with van der Waals surface area (Å²) in [6.07, 6.45) is 0. The van der Waals surface area contributed by atoms with Crippen molar-refractivity contribution in [3.8, 4) is 28.7 Å². The molecule has 0 saturated heterocycles. The average Bonchev–Trinajstić information content (AvgIpc) is 2.83. The molecule has 4 rings (SSSR count). The minimum Gasteiger partial charge on any atom is -0.497 e. The first-order valence-electron chi connectivity index (χ1n) is 8.70. The molecule has 0 atom stereocenters. The third-order valence-corrected chi connectivity index (χ3v) is 4.39. The van der Waals surface area contributed by atoms with Gasteiger partial charge in [0.1, 0.15) is 17.1 Å². The zero-order valence-corrected chi connectivity index (χ0v) is 15.6. The third kappa shape index (κ3) is 3.55. The lowest BCUT2D eigenvalue weighted by Crippen LogP contribution is -2.12. The highest BCUT2D eigenvalue weighted by Crippen LogP contribution is 2.43. The normalized spacial score (nSPS) is 12.0. The van der Waals surface area contributed by atoms with E-state index in [1.807, 2.05) is 13.0 Å². The number of hydrogen-bond acceptors (Lipinski definition) is 5. The fraction of sp³-hybridized carbons (Fsp3) is 0.0952. The summed E-state index contributed by atoms with van der Waals surface area (Å²) in [6, 6.07) is 14.6. The Hall–Kier alpha value is -4.07. The molecule has 0 bridgehead atoms. The van der Waals surface area contributed by atoms with E-state index in [1.54, 1.807) is 43.5 Å². The van der Waals surface area contributed by atoms with Gasteiger partial charge in [-0.2, -0.15) is 0 Å². The maximum atomic E-state index is 12.9. The Balaban J connectivity index is 1.83. The first-order chi connectivity index (χ1) is 13.9. The van der Waals surface area contributed by atoms with Crippen molar-refractivity contribution in [3.63, 3.8) is 0 Å². The fourth-order valence-corrected chi connectivity index (χ4v) is 2.96. The molecule has 8 nitrogen and oxygen atoms in total. The van der Waals surface area contributed by atoms with Crippen molar-refractivity contribution < 1.29 is 29.1 Å². The minimum absolute atomic E-state index is 0.0552.